The molecule has 0 fully saturated rings. The second-order valence-corrected chi connectivity index (χ2v) is 6.75. The van der Waals surface area contributed by atoms with Crippen LogP contribution in [0.2, 0.25) is 0 Å². The Morgan fingerprint density at radius 3 is 2.53 bits per heavy atom. The van der Waals surface area contributed by atoms with Gasteiger partial charge in [-0.1, -0.05) is 56.7 Å². The maximum atomic E-state index is 6.04. The smallest absolute Gasteiger partial charge is 0.0970 e. The van der Waals surface area contributed by atoms with Gasteiger partial charge in [-0.3, -0.25) is 0 Å². The highest BCUT2D eigenvalue weighted by atomic mass is 16.5. The lowest BCUT2D eigenvalue weighted by molar-refractivity contribution is 0.00966. The lowest BCUT2D eigenvalue weighted by Gasteiger charge is -2.43. The van der Waals surface area contributed by atoms with Crippen LogP contribution in [0.1, 0.15) is 47.0 Å². The molecular formula is C18H26O. The molecule has 2 aliphatic carbocycles. The maximum absolute atomic E-state index is 6.04. The van der Waals surface area contributed by atoms with Gasteiger partial charge < -0.3 is 4.74 Å². The van der Waals surface area contributed by atoms with Crippen molar-refractivity contribution in [2.75, 3.05) is 7.11 Å². The van der Waals surface area contributed by atoms with E-state index in [2.05, 4.69) is 58.1 Å². The number of rotatable bonds is 3. The SMILES string of the molecule is COC1(CC2=CCC=C2)CC=C(C)C=C1C(C)(C)C. The second-order valence-electron chi connectivity index (χ2n) is 6.75. The first-order chi connectivity index (χ1) is 8.87. The van der Waals surface area contributed by atoms with E-state index in [0.29, 0.717) is 0 Å². The molecule has 1 heteroatoms. The van der Waals surface area contributed by atoms with E-state index in [1.54, 1.807) is 0 Å². The fourth-order valence-corrected chi connectivity index (χ4v) is 3.15. The van der Waals surface area contributed by atoms with Crippen molar-refractivity contribution in [3.05, 3.63) is 47.1 Å². The first kappa shape index (κ1) is 14.3. The fourth-order valence-electron chi connectivity index (χ4n) is 3.15. The molecule has 104 valence electrons. The van der Waals surface area contributed by atoms with Crippen LogP contribution in [-0.2, 0) is 4.74 Å². The lowest BCUT2D eigenvalue weighted by atomic mass is 9.69. The third-order valence-corrected chi connectivity index (χ3v) is 4.15. The van der Waals surface area contributed by atoms with Crippen molar-refractivity contribution in [3.8, 4) is 0 Å². The highest BCUT2D eigenvalue weighted by Gasteiger charge is 2.41. The van der Waals surface area contributed by atoms with Gasteiger partial charge in [0.25, 0.3) is 0 Å². The molecule has 1 nitrogen and oxygen atoms in total. The van der Waals surface area contributed by atoms with Crippen molar-refractivity contribution in [3.63, 3.8) is 0 Å². The van der Waals surface area contributed by atoms with Crippen LogP contribution in [0.4, 0.5) is 0 Å². The summed E-state index contributed by atoms with van der Waals surface area (Å²) in [5, 5.41) is 0. The molecule has 0 aromatic carbocycles. The number of hydrogen-bond acceptors (Lipinski definition) is 1. The largest absolute Gasteiger partial charge is 0.373 e. The molecule has 0 N–H and O–H groups in total. The summed E-state index contributed by atoms with van der Waals surface area (Å²) in [4.78, 5) is 0. The Bertz CT molecular complexity index is 468. The predicted octanol–water partition coefficient (Wildman–Crippen LogP) is 4.97. The van der Waals surface area contributed by atoms with Crippen LogP contribution in [0, 0.1) is 5.41 Å². The Morgan fingerprint density at radius 1 is 1.26 bits per heavy atom. The molecule has 0 aromatic rings. The van der Waals surface area contributed by atoms with E-state index >= 15 is 0 Å². The Labute approximate surface area is 117 Å². The fraction of sp³-hybridized carbons (Fsp3) is 0.556. The van der Waals surface area contributed by atoms with Crippen molar-refractivity contribution in [2.24, 2.45) is 5.41 Å². The zero-order chi connectivity index (χ0) is 14.1. The molecule has 1 atom stereocenters. The van der Waals surface area contributed by atoms with Crippen LogP contribution in [0.3, 0.4) is 0 Å². The van der Waals surface area contributed by atoms with Crippen LogP contribution in [-0.4, -0.2) is 12.7 Å². The minimum atomic E-state index is -0.168. The van der Waals surface area contributed by atoms with Gasteiger partial charge in [-0.25, -0.2) is 0 Å². The number of methoxy groups -OCH3 is 1. The topological polar surface area (TPSA) is 9.23 Å². The molecule has 0 saturated heterocycles. The summed E-state index contributed by atoms with van der Waals surface area (Å²) in [6.45, 7) is 9.03. The molecule has 1 unspecified atom stereocenters. The predicted molar refractivity (Wildman–Crippen MR) is 82.1 cm³/mol. The molecule has 0 amide bonds. The minimum absolute atomic E-state index is 0.133. The third-order valence-electron chi connectivity index (χ3n) is 4.15. The van der Waals surface area contributed by atoms with E-state index in [-0.39, 0.29) is 11.0 Å². The maximum Gasteiger partial charge on any atom is 0.0970 e. The van der Waals surface area contributed by atoms with Crippen LogP contribution in [0.25, 0.3) is 0 Å². The first-order valence-corrected chi connectivity index (χ1v) is 7.17. The van der Waals surface area contributed by atoms with Crippen LogP contribution in [0.5, 0.6) is 0 Å². The van der Waals surface area contributed by atoms with Crippen molar-refractivity contribution in [1.82, 2.24) is 0 Å². The zero-order valence-electron chi connectivity index (χ0n) is 12.9. The Balaban J connectivity index is 2.37. The van der Waals surface area contributed by atoms with Gasteiger partial charge in [-0.2, -0.15) is 0 Å². The molecule has 0 heterocycles. The lowest BCUT2D eigenvalue weighted by Crippen LogP contribution is -2.40. The molecule has 0 aromatic heterocycles. The van der Waals surface area contributed by atoms with Crippen LogP contribution in [0.15, 0.2) is 47.1 Å². The number of ether oxygens (including phenoxy) is 1. The number of allylic oxidation sites excluding steroid dienone is 5. The van der Waals surface area contributed by atoms with Gasteiger partial charge in [0, 0.05) is 13.5 Å². The molecule has 0 saturated carbocycles. The summed E-state index contributed by atoms with van der Waals surface area (Å²) in [6, 6.07) is 0. The molecule has 2 rings (SSSR count). The summed E-state index contributed by atoms with van der Waals surface area (Å²) in [6.07, 6.45) is 14.4. The quantitative estimate of drug-likeness (QED) is 0.694. The average molecular weight is 258 g/mol. The van der Waals surface area contributed by atoms with E-state index in [1.807, 2.05) is 7.11 Å². The van der Waals surface area contributed by atoms with Crippen LogP contribution < -0.4 is 0 Å². The standard InChI is InChI=1S/C18H26O/c1-14-10-11-18(19-5,13-15-8-6-7-9-15)16(12-14)17(2,3)4/h6,8-10,12H,7,11,13H2,1-5H3. The monoisotopic (exact) mass is 258 g/mol. The number of hydrogen-bond donors (Lipinski definition) is 0. The Hall–Kier alpha value is -1.08. The van der Waals surface area contributed by atoms with Crippen LogP contribution >= 0.6 is 0 Å². The van der Waals surface area contributed by atoms with Gasteiger partial charge in [-0.05, 0) is 36.3 Å². The molecule has 0 bridgehead atoms. The van der Waals surface area contributed by atoms with Gasteiger partial charge in [0.1, 0.15) is 0 Å². The van der Waals surface area contributed by atoms with E-state index in [9.17, 15) is 0 Å². The normalized spacial score (nSPS) is 27.1. The molecule has 0 aliphatic heterocycles. The second kappa shape index (κ2) is 5.13. The van der Waals surface area contributed by atoms with E-state index < -0.39 is 0 Å². The van der Waals surface area contributed by atoms with Gasteiger partial charge in [0.2, 0.25) is 0 Å². The van der Waals surface area contributed by atoms with Gasteiger partial charge in [-0.15, -0.1) is 0 Å². The summed E-state index contributed by atoms with van der Waals surface area (Å²) in [5.74, 6) is 0. The van der Waals surface area contributed by atoms with Crippen molar-refractivity contribution >= 4 is 0 Å². The molecule has 2 aliphatic rings. The van der Waals surface area contributed by atoms with Gasteiger partial charge in [0.15, 0.2) is 0 Å². The molecule has 0 spiro atoms. The highest BCUT2D eigenvalue weighted by molar-refractivity contribution is 5.41. The Morgan fingerprint density at radius 2 is 2.00 bits per heavy atom. The van der Waals surface area contributed by atoms with Crippen molar-refractivity contribution in [2.45, 2.75) is 52.6 Å². The summed E-state index contributed by atoms with van der Waals surface area (Å²) in [7, 11) is 1.85. The summed E-state index contributed by atoms with van der Waals surface area (Å²) >= 11 is 0. The minimum Gasteiger partial charge on any atom is -0.373 e. The molecular weight excluding hydrogens is 232 g/mol. The summed E-state index contributed by atoms with van der Waals surface area (Å²) in [5.41, 5.74) is 4.15. The van der Waals surface area contributed by atoms with E-state index in [0.717, 1.165) is 19.3 Å². The summed E-state index contributed by atoms with van der Waals surface area (Å²) < 4.78 is 6.04. The van der Waals surface area contributed by atoms with Crippen molar-refractivity contribution < 1.29 is 4.74 Å². The zero-order valence-corrected chi connectivity index (χ0v) is 12.9. The van der Waals surface area contributed by atoms with Gasteiger partial charge in [0.05, 0.1) is 5.60 Å². The van der Waals surface area contributed by atoms with Gasteiger partial charge >= 0.3 is 0 Å². The molecule has 19 heavy (non-hydrogen) atoms. The van der Waals surface area contributed by atoms with E-state index in [1.165, 1.54) is 16.7 Å². The Kier molecular flexibility index (Phi) is 3.87. The molecule has 0 radical (unpaired) electrons. The highest BCUT2D eigenvalue weighted by Crippen LogP contribution is 2.45. The van der Waals surface area contributed by atoms with Crippen molar-refractivity contribution in [1.29, 1.82) is 0 Å². The first-order valence-electron chi connectivity index (χ1n) is 7.17. The van der Waals surface area contributed by atoms with E-state index in [4.69, 9.17) is 4.74 Å². The third kappa shape index (κ3) is 2.92. The average Bonchev–Trinajstić information content (AvgIpc) is 2.83.